The second kappa shape index (κ2) is 6.08. The molecule has 17 heavy (non-hydrogen) atoms. The first-order chi connectivity index (χ1) is 8.10. The number of aromatic nitrogens is 1. The van der Waals surface area contributed by atoms with Crippen LogP contribution >= 0.6 is 0 Å². The van der Waals surface area contributed by atoms with Gasteiger partial charge in [0.1, 0.15) is 6.26 Å². The quantitative estimate of drug-likeness (QED) is 0.562. The molecule has 0 aliphatic carbocycles. The maximum absolute atomic E-state index is 11.4. The Labute approximate surface area is 101 Å². The number of esters is 1. The normalized spacial score (nSPS) is 10.4. The van der Waals surface area contributed by atoms with E-state index >= 15 is 0 Å². The minimum atomic E-state index is -0.468. The van der Waals surface area contributed by atoms with Crippen molar-refractivity contribution in [3.63, 3.8) is 0 Å². The number of oxazole rings is 1. The van der Waals surface area contributed by atoms with Gasteiger partial charge < -0.3 is 14.1 Å². The van der Waals surface area contributed by atoms with E-state index in [-0.39, 0.29) is 11.7 Å². The van der Waals surface area contributed by atoms with Crippen molar-refractivity contribution >= 4 is 12.0 Å². The van der Waals surface area contributed by atoms with Crippen molar-refractivity contribution < 1.29 is 13.9 Å². The highest BCUT2D eigenvalue weighted by Gasteiger charge is 2.18. The summed E-state index contributed by atoms with van der Waals surface area (Å²) in [6.07, 6.45) is 3.07. The van der Waals surface area contributed by atoms with Gasteiger partial charge in [-0.15, -0.1) is 6.58 Å². The van der Waals surface area contributed by atoms with Gasteiger partial charge in [-0.2, -0.15) is 4.98 Å². The Hall–Kier alpha value is -1.78. The summed E-state index contributed by atoms with van der Waals surface area (Å²) in [5.74, 6) is -0.468. The van der Waals surface area contributed by atoms with Gasteiger partial charge in [0.2, 0.25) is 0 Å². The monoisotopic (exact) mass is 238 g/mol. The van der Waals surface area contributed by atoms with Crippen LogP contribution in [0.3, 0.4) is 0 Å². The third-order valence-corrected chi connectivity index (χ3v) is 2.17. The lowest BCUT2D eigenvalue weighted by Gasteiger charge is -2.22. The number of anilines is 1. The van der Waals surface area contributed by atoms with Gasteiger partial charge in [-0.25, -0.2) is 4.79 Å². The molecule has 0 aliphatic heterocycles. The van der Waals surface area contributed by atoms with Crippen LogP contribution in [-0.4, -0.2) is 30.1 Å². The summed E-state index contributed by atoms with van der Waals surface area (Å²) >= 11 is 0. The number of carbonyl (C=O) groups excluding carboxylic acids is 1. The average Bonchev–Trinajstić information content (AvgIpc) is 2.74. The Morgan fingerprint density at radius 2 is 2.41 bits per heavy atom. The first-order valence-electron chi connectivity index (χ1n) is 5.60. The molecule has 0 fully saturated rings. The van der Waals surface area contributed by atoms with E-state index < -0.39 is 5.97 Å². The lowest BCUT2D eigenvalue weighted by Crippen LogP contribution is -2.31. The molecular formula is C12H18N2O3. The van der Waals surface area contributed by atoms with Crippen molar-refractivity contribution in [3.05, 3.63) is 24.6 Å². The molecule has 0 atom stereocenters. The zero-order chi connectivity index (χ0) is 12.8. The molecule has 1 rings (SSSR count). The van der Waals surface area contributed by atoms with E-state index in [1.165, 1.54) is 6.26 Å². The molecule has 0 aromatic carbocycles. The van der Waals surface area contributed by atoms with Gasteiger partial charge in [0, 0.05) is 12.6 Å². The summed E-state index contributed by atoms with van der Waals surface area (Å²) in [5.41, 5.74) is 0.191. The fraction of sp³-hybridized carbons (Fsp3) is 0.500. The Bertz CT molecular complexity index is 385. The summed E-state index contributed by atoms with van der Waals surface area (Å²) in [6, 6.07) is 0.615. The highest BCUT2D eigenvalue weighted by molar-refractivity contribution is 5.87. The van der Waals surface area contributed by atoms with Crippen LogP contribution in [0.1, 0.15) is 31.3 Å². The number of nitrogens with zero attached hydrogens (tertiary/aromatic N) is 2. The molecule has 1 aromatic heterocycles. The van der Waals surface area contributed by atoms with Crippen LogP contribution in [0.4, 0.5) is 6.01 Å². The molecule has 0 saturated carbocycles. The van der Waals surface area contributed by atoms with Crippen molar-refractivity contribution in [2.45, 2.75) is 26.8 Å². The molecule has 5 heteroatoms. The van der Waals surface area contributed by atoms with Crippen LogP contribution in [0.15, 0.2) is 23.3 Å². The molecule has 0 radical (unpaired) electrons. The van der Waals surface area contributed by atoms with Crippen LogP contribution in [0.5, 0.6) is 0 Å². The standard InChI is InChI=1S/C12H18N2O3/c1-5-7-14(9(3)4)12-13-10(8-17-12)11(15)16-6-2/h5,8-9H,1,6-7H2,2-4H3. The zero-order valence-electron chi connectivity index (χ0n) is 10.5. The highest BCUT2D eigenvalue weighted by Crippen LogP contribution is 2.16. The van der Waals surface area contributed by atoms with Crippen LogP contribution in [0, 0.1) is 0 Å². The van der Waals surface area contributed by atoms with E-state index in [0.29, 0.717) is 19.2 Å². The Morgan fingerprint density at radius 3 is 2.94 bits per heavy atom. The highest BCUT2D eigenvalue weighted by atomic mass is 16.5. The SMILES string of the molecule is C=CCN(c1nc(C(=O)OCC)co1)C(C)C. The van der Waals surface area contributed by atoms with Gasteiger partial charge in [-0.1, -0.05) is 6.08 Å². The number of carbonyl (C=O) groups is 1. The third kappa shape index (κ3) is 3.34. The molecule has 5 nitrogen and oxygen atoms in total. The maximum atomic E-state index is 11.4. The number of hydrogen-bond donors (Lipinski definition) is 0. The van der Waals surface area contributed by atoms with E-state index in [4.69, 9.17) is 9.15 Å². The van der Waals surface area contributed by atoms with Gasteiger partial charge in [0.15, 0.2) is 5.69 Å². The molecule has 0 spiro atoms. The van der Waals surface area contributed by atoms with E-state index in [9.17, 15) is 4.79 Å². The molecule has 1 aromatic rings. The Morgan fingerprint density at radius 1 is 1.71 bits per heavy atom. The van der Waals surface area contributed by atoms with Crippen molar-refractivity contribution in [2.24, 2.45) is 0 Å². The van der Waals surface area contributed by atoms with Gasteiger partial charge in [-0.3, -0.25) is 0 Å². The predicted octanol–water partition coefficient (Wildman–Crippen LogP) is 2.25. The molecule has 0 bridgehead atoms. The first-order valence-corrected chi connectivity index (χ1v) is 5.60. The van der Waals surface area contributed by atoms with Gasteiger partial charge >= 0.3 is 5.97 Å². The van der Waals surface area contributed by atoms with Crippen LogP contribution in [0.25, 0.3) is 0 Å². The minimum absolute atomic E-state index is 0.191. The summed E-state index contributed by atoms with van der Waals surface area (Å²) in [4.78, 5) is 17.4. The van der Waals surface area contributed by atoms with Gasteiger partial charge in [0.05, 0.1) is 6.61 Å². The maximum Gasteiger partial charge on any atom is 0.360 e. The lowest BCUT2D eigenvalue weighted by molar-refractivity contribution is 0.0519. The molecule has 94 valence electrons. The molecule has 0 saturated heterocycles. The van der Waals surface area contributed by atoms with E-state index in [1.54, 1.807) is 13.0 Å². The lowest BCUT2D eigenvalue weighted by atomic mass is 10.3. The predicted molar refractivity (Wildman–Crippen MR) is 65.1 cm³/mol. The van der Waals surface area contributed by atoms with E-state index in [0.717, 1.165) is 0 Å². The Balaban J connectivity index is 2.84. The second-order valence-corrected chi connectivity index (χ2v) is 3.77. The summed E-state index contributed by atoms with van der Waals surface area (Å²) in [5, 5.41) is 0. The van der Waals surface area contributed by atoms with Crippen molar-refractivity contribution in [1.29, 1.82) is 0 Å². The summed E-state index contributed by atoms with van der Waals surface area (Å²) < 4.78 is 10.1. The number of ether oxygens (including phenoxy) is 1. The largest absolute Gasteiger partial charge is 0.461 e. The Kier molecular flexibility index (Phi) is 4.75. The second-order valence-electron chi connectivity index (χ2n) is 3.77. The van der Waals surface area contributed by atoms with Gasteiger partial charge in [0.25, 0.3) is 6.01 Å². The fourth-order valence-electron chi connectivity index (χ4n) is 1.34. The first kappa shape index (κ1) is 13.3. The van der Waals surface area contributed by atoms with Crippen molar-refractivity contribution in [3.8, 4) is 0 Å². The molecule has 1 heterocycles. The average molecular weight is 238 g/mol. The van der Waals surface area contributed by atoms with Crippen molar-refractivity contribution in [1.82, 2.24) is 4.98 Å². The molecule has 0 aliphatic rings. The topological polar surface area (TPSA) is 55.6 Å². The third-order valence-electron chi connectivity index (χ3n) is 2.17. The van der Waals surface area contributed by atoms with Crippen LogP contribution in [0.2, 0.25) is 0 Å². The molecule has 0 N–H and O–H groups in total. The van der Waals surface area contributed by atoms with E-state index in [1.807, 2.05) is 18.7 Å². The number of rotatable bonds is 6. The van der Waals surface area contributed by atoms with E-state index in [2.05, 4.69) is 11.6 Å². The van der Waals surface area contributed by atoms with Crippen LogP contribution < -0.4 is 4.90 Å². The zero-order valence-corrected chi connectivity index (χ0v) is 10.5. The van der Waals surface area contributed by atoms with Crippen LogP contribution in [-0.2, 0) is 4.74 Å². The van der Waals surface area contributed by atoms with Crippen molar-refractivity contribution in [2.75, 3.05) is 18.1 Å². The minimum Gasteiger partial charge on any atom is -0.461 e. The van der Waals surface area contributed by atoms with Gasteiger partial charge in [-0.05, 0) is 20.8 Å². The fourth-order valence-corrected chi connectivity index (χ4v) is 1.34. The molecular weight excluding hydrogens is 220 g/mol. The summed E-state index contributed by atoms with van der Waals surface area (Å²) in [7, 11) is 0. The molecule has 0 unspecified atom stereocenters. The smallest absolute Gasteiger partial charge is 0.360 e. The number of hydrogen-bond acceptors (Lipinski definition) is 5. The molecule has 0 amide bonds. The summed E-state index contributed by atoms with van der Waals surface area (Å²) in [6.45, 7) is 10.4.